The third kappa shape index (κ3) is 3.69. The summed E-state index contributed by atoms with van der Waals surface area (Å²) in [5, 5.41) is 11.5. The minimum absolute atomic E-state index is 0.0594. The van der Waals surface area contributed by atoms with Gasteiger partial charge in [-0.15, -0.1) is 5.10 Å². The predicted molar refractivity (Wildman–Crippen MR) is 87.5 cm³/mol. The molecule has 1 aliphatic heterocycles. The van der Waals surface area contributed by atoms with Crippen LogP contribution in [0.2, 0.25) is 0 Å². The molecule has 8 nitrogen and oxygen atoms in total. The van der Waals surface area contributed by atoms with Crippen molar-refractivity contribution in [2.24, 2.45) is 0 Å². The van der Waals surface area contributed by atoms with E-state index in [9.17, 15) is 4.79 Å². The standard InChI is InChI=1S/C16H22N6O2/c1-2-3-11-22-14(18-19-20-22)12-24-16(23)13-7-6-8-17-15(13)21-9-4-5-10-21/h6-8H,2-5,9-12H2,1H3. The number of rotatable bonds is 7. The van der Waals surface area contributed by atoms with Gasteiger partial charge in [0, 0.05) is 25.8 Å². The number of carbonyl (C=O) groups is 1. The van der Waals surface area contributed by atoms with Crippen molar-refractivity contribution in [3.8, 4) is 0 Å². The smallest absolute Gasteiger partial charge is 0.342 e. The second-order valence-corrected chi connectivity index (χ2v) is 5.82. The zero-order chi connectivity index (χ0) is 16.8. The van der Waals surface area contributed by atoms with E-state index in [0.717, 1.165) is 45.3 Å². The quantitative estimate of drug-likeness (QED) is 0.716. The molecule has 0 aromatic carbocycles. The molecule has 0 saturated carbocycles. The van der Waals surface area contributed by atoms with Crippen LogP contribution in [0.15, 0.2) is 18.3 Å². The molecule has 1 aliphatic rings. The van der Waals surface area contributed by atoms with Crippen molar-refractivity contribution in [2.45, 2.75) is 45.8 Å². The lowest BCUT2D eigenvalue weighted by Gasteiger charge is -2.18. The molecule has 1 saturated heterocycles. The van der Waals surface area contributed by atoms with Crippen molar-refractivity contribution >= 4 is 11.8 Å². The van der Waals surface area contributed by atoms with Gasteiger partial charge in [-0.2, -0.15) is 0 Å². The number of aryl methyl sites for hydroxylation is 1. The van der Waals surface area contributed by atoms with Crippen molar-refractivity contribution in [1.29, 1.82) is 0 Å². The first-order valence-corrected chi connectivity index (χ1v) is 8.41. The molecule has 8 heteroatoms. The van der Waals surface area contributed by atoms with Crippen LogP contribution < -0.4 is 4.90 Å². The van der Waals surface area contributed by atoms with Gasteiger partial charge in [-0.1, -0.05) is 13.3 Å². The Morgan fingerprint density at radius 1 is 1.33 bits per heavy atom. The average molecular weight is 330 g/mol. The molecule has 0 aliphatic carbocycles. The van der Waals surface area contributed by atoms with E-state index in [1.807, 2.05) is 0 Å². The minimum Gasteiger partial charge on any atom is -0.454 e. The van der Waals surface area contributed by atoms with Crippen molar-refractivity contribution in [3.05, 3.63) is 29.7 Å². The lowest BCUT2D eigenvalue weighted by atomic mass is 10.2. The third-order valence-electron chi connectivity index (χ3n) is 4.07. The molecule has 0 spiro atoms. The van der Waals surface area contributed by atoms with Gasteiger partial charge in [0.25, 0.3) is 0 Å². The fourth-order valence-electron chi connectivity index (χ4n) is 2.75. The maximum atomic E-state index is 12.5. The summed E-state index contributed by atoms with van der Waals surface area (Å²) < 4.78 is 7.11. The van der Waals surface area contributed by atoms with E-state index in [4.69, 9.17) is 4.74 Å². The minimum atomic E-state index is -0.393. The Bertz CT molecular complexity index is 681. The monoisotopic (exact) mass is 330 g/mol. The van der Waals surface area contributed by atoms with Crippen LogP contribution >= 0.6 is 0 Å². The van der Waals surface area contributed by atoms with E-state index in [-0.39, 0.29) is 6.61 Å². The van der Waals surface area contributed by atoms with Crippen molar-refractivity contribution in [2.75, 3.05) is 18.0 Å². The van der Waals surface area contributed by atoms with Crippen LogP contribution in [0.4, 0.5) is 5.82 Å². The van der Waals surface area contributed by atoms with Crippen LogP contribution in [0.1, 0.15) is 48.8 Å². The third-order valence-corrected chi connectivity index (χ3v) is 4.07. The van der Waals surface area contributed by atoms with E-state index in [0.29, 0.717) is 17.2 Å². The first kappa shape index (κ1) is 16.4. The van der Waals surface area contributed by atoms with Crippen LogP contribution in [0.3, 0.4) is 0 Å². The predicted octanol–water partition coefficient (Wildman–Crippen LogP) is 1.83. The van der Waals surface area contributed by atoms with Crippen LogP contribution in [0.25, 0.3) is 0 Å². The van der Waals surface area contributed by atoms with Crippen LogP contribution in [-0.2, 0) is 17.9 Å². The first-order valence-electron chi connectivity index (χ1n) is 8.41. The summed E-state index contributed by atoms with van der Waals surface area (Å²) in [6.45, 7) is 4.73. The first-order chi connectivity index (χ1) is 11.8. The zero-order valence-electron chi connectivity index (χ0n) is 13.9. The van der Waals surface area contributed by atoms with E-state index >= 15 is 0 Å². The summed E-state index contributed by atoms with van der Waals surface area (Å²) >= 11 is 0. The summed E-state index contributed by atoms with van der Waals surface area (Å²) in [4.78, 5) is 19.0. The van der Waals surface area contributed by atoms with Gasteiger partial charge in [0.15, 0.2) is 12.4 Å². The molecule has 0 N–H and O–H groups in total. The van der Waals surface area contributed by atoms with Crippen molar-refractivity contribution < 1.29 is 9.53 Å². The molecule has 128 valence electrons. The topological polar surface area (TPSA) is 86.0 Å². The number of hydrogen-bond acceptors (Lipinski definition) is 7. The summed E-state index contributed by atoms with van der Waals surface area (Å²) in [5.41, 5.74) is 0.493. The second kappa shape index (κ2) is 7.85. The second-order valence-electron chi connectivity index (χ2n) is 5.82. The van der Waals surface area contributed by atoms with E-state index in [2.05, 4.69) is 32.3 Å². The summed E-state index contributed by atoms with van der Waals surface area (Å²) in [5.74, 6) is 0.865. The Balaban J connectivity index is 1.66. The lowest BCUT2D eigenvalue weighted by Crippen LogP contribution is -2.22. The van der Waals surface area contributed by atoms with E-state index in [1.54, 1.807) is 23.0 Å². The summed E-state index contributed by atoms with van der Waals surface area (Å²) in [6.07, 6.45) is 5.98. The number of tetrazole rings is 1. The summed E-state index contributed by atoms with van der Waals surface area (Å²) in [7, 11) is 0. The zero-order valence-corrected chi connectivity index (χ0v) is 13.9. The molecular formula is C16H22N6O2. The van der Waals surface area contributed by atoms with Gasteiger partial charge in [-0.3, -0.25) is 0 Å². The number of nitrogens with zero attached hydrogens (tertiary/aromatic N) is 6. The van der Waals surface area contributed by atoms with Gasteiger partial charge in [0.2, 0.25) is 0 Å². The van der Waals surface area contributed by atoms with Crippen LogP contribution in [0, 0.1) is 0 Å². The molecule has 0 amide bonds. The largest absolute Gasteiger partial charge is 0.454 e. The van der Waals surface area contributed by atoms with E-state index < -0.39 is 5.97 Å². The molecule has 2 aromatic rings. The molecule has 3 heterocycles. The van der Waals surface area contributed by atoms with Gasteiger partial charge >= 0.3 is 5.97 Å². The highest BCUT2D eigenvalue weighted by Gasteiger charge is 2.22. The number of anilines is 1. The Hall–Kier alpha value is -2.51. The van der Waals surface area contributed by atoms with Crippen molar-refractivity contribution in [3.63, 3.8) is 0 Å². The van der Waals surface area contributed by atoms with Gasteiger partial charge in [-0.25, -0.2) is 14.5 Å². The van der Waals surface area contributed by atoms with Crippen molar-refractivity contribution in [1.82, 2.24) is 25.2 Å². The highest BCUT2D eigenvalue weighted by atomic mass is 16.5. The Morgan fingerprint density at radius 3 is 2.96 bits per heavy atom. The summed E-state index contributed by atoms with van der Waals surface area (Å²) in [6, 6.07) is 3.50. The number of hydrogen-bond donors (Lipinski definition) is 0. The number of aromatic nitrogens is 5. The normalized spacial score (nSPS) is 14.1. The molecule has 24 heavy (non-hydrogen) atoms. The number of ether oxygens (including phenoxy) is 1. The molecule has 3 rings (SSSR count). The maximum absolute atomic E-state index is 12.5. The van der Waals surface area contributed by atoms with Gasteiger partial charge in [0.1, 0.15) is 11.4 Å². The molecule has 0 radical (unpaired) electrons. The van der Waals surface area contributed by atoms with Crippen LogP contribution in [0.5, 0.6) is 0 Å². The molecule has 0 bridgehead atoms. The fraction of sp³-hybridized carbons (Fsp3) is 0.562. The molecular weight excluding hydrogens is 308 g/mol. The maximum Gasteiger partial charge on any atom is 0.342 e. The van der Waals surface area contributed by atoms with E-state index in [1.165, 1.54) is 0 Å². The Labute approximate surface area is 140 Å². The SMILES string of the molecule is CCCCn1nnnc1COC(=O)c1cccnc1N1CCCC1. The molecule has 0 atom stereocenters. The molecule has 0 unspecified atom stereocenters. The highest BCUT2D eigenvalue weighted by molar-refractivity contribution is 5.94. The number of pyridine rings is 1. The van der Waals surface area contributed by atoms with Gasteiger partial charge in [0.05, 0.1) is 0 Å². The highest BCUT2D eigenvalue weighted by Crippen LogP contribution is 2.22. The fourth-order valence-corrected chi connectivity index (χ4v) is 2.75. The average Bonchev–Trinajstić information content (AvgIpc) is 3.29. The van der Waals surface area contributed by atoms with Crippen LogP contribution in [-0.4, -0.2) is 44.3 Å². The Morgan fingerprint density at radius 2 is 2.17 bits per heavy atom. The number of carbonyl (C=O) groups excluding carboxylic acids is 1. The lowest BCUT2D eigenvalue weighted by molar-refractivity contribution is 0.0456. The molecule has 1 fully saturated rings. The molecule has 2 aromatic heterocycles. The number of esters is 1. The van der Waals surface area contributed by atoms with Gasteiger partial charge < -0.3 is 9.64 Å². The Kier molecular flexibility index (Phi) is 5.35. The number of unbranched alkanes of at least 4 members (excludes halogenated alkanes) is 1. The van der Waals surface area contributed by atoms with Gasteiger partial charge in [-0.05, 0) is 41.8 Å².